The predicted molar refractivity (Wildman–Crippen MR) is 133 cm³/mol. The van der Waals surface area contributed by atoms with E-state index in [1.165, 1.54) is 0 Å². The fraction of sp³-hybridized carbons (Fsp3) is 0.556. The molecule has 2 aromatic rings. The van der Waals surface area contributed by atoms with Gasteiger partial charge in [-0.25, -0.2) is 0 Å². The van der Waals surface area contributed by atoms with Crippen LogP contribution >= 0.6 is 11.8 Å². The van der Waals surface area contributed by atoms with Crippen LogP contribution in [0.15, 0.2) is 48.5 Å². The van der Waals surface area contributed by atoms with Crippen LogP contribution in [0.2, 0.25) is 0 Å². The lowest BCUT2D eigenvalue weighted by atomic mass is 9.95. The first-order chi connectivity index (χ1) is 15.6. The molecule has 0 bridgehead atoms. The Kier molecular flexibility index (Phi) is 9.76. The molecule has 1 heterocycles. The molecular weight excluding hydrogens is 420 g/mol. The molecule has 1 aliphatic heterocycles. The third kappa shape index (κ3) is 6.21. The summed E-state index contributed by atoms with van der Waals surface area (Å²) in [5, 5.41) is 0. The second kappa shape index (κ2) is 12.5. The van der Waals surface area contributed by atoms with Crippen LogP contribution in [0.4, 0.5) is 0 Å². The molecule has 1 saturated heterocycles. The van der Waals surface area contributed by atoms with E-state index in [4.69, 9.17) is 18.9 Å². The van der Waals surface area contributed by atoms with Crippen molar-refractivity contribution in [3.63, 3.8) is 0 Å². The van der Waals surface area contributed by atoms with Gasteiger partial charge in [-0.2, -0.15) is 11.8 Å². The van der Waals surface area contributed by atoms with Gasteiger partial charge in [0.15, 0.2) is 0 Å². The minimum atomic E-state index is -0.962. The van der Waals surface area contributed by atoms with E-state index >= 15 is 0 Å². The van der Waals surface area contributed by atoms with Gasteiger partial charge in [0.2, 0.25) is 5.79 Å². The Bertz CT molecular complexity index is 723. The summed E-state index contributed by atoms with van der Waals surface area (Å²) in [6.07, 6.45) is 6.90. The SMILES string of the molecule is CCCC[C@@H]1CSC[C@@H](CCCC)OC(c2ccc(OC)cc2)(c2ccc(OC)cc2)O1. The molecular formula is C27H38O4S. The van der Waals surface area contributed by atoms with Crippen molar-refractivity contribution in [2.45, 2.75) is 70.4 Å². The number of ether oxygens (including phenoxy) is 4. The normalized spacial score (nSPS) is 20.9. The van der Waals surface area contributed by atoms with Crippen molar-refractivity contribution in [2.24, 2.45) is 0 Å². The average Bonchev–Trinajstić information content (AvgIpc) is 2.83. The summed E-state index contributed by atoms with van der Waals surface area (Å²) in [6, 6.07) is 16.3. The molecule has 0 amide bonds. The standard InChI is InChI=1S/C27H38O4S/c1-5-7-9-25-19-32-20-26(10-8-6-2)31-27(30-25,21-11-15-23(28-3)16-12-21)22-13-17-24(29-4)18-14-22/h11-18,25-26H,5-10,19-20H2,1-4H3/t25-,26-/m1/s1. The largest absolute Gasteiger partial charge is 0.497 e. The van der Waals surface area contributed by atoms with E-state index in [1.807, 2.05) is 36.0 Å². The summed E-state index contributed by atoms with van der Waals surface area (Å²) in [4.78, 5) is 0. The number of hydrogen-bond donors (Lipinski definition) is 0. The van der Waals surface area contributed by atoms with Crippen LogP contribution in [0.3, 0.4) is 0 Å². The molecule has 0 N–H and O–H groups in total. The smallest absolute Gasteiger partial charge is 0.222 e. The minimum Gasteiger partial charge on any atom is -0.497 e. The van der Waals surface area contributed by atoms with Crippen molar-refractivity contribution in [3.8, 4) is 11.5 Å². The van der Waals surface area contributed by atoms with Crippen molar-refractivity contribution in [3.05, 3.63) is 59.7 Å². The fourth-order valence-corrected chi connectivity index (χ4v) is 5.24. The lowest BCUT2D eigenvalue weighted by Gasteiger charge is -2.42. The van der Waals surface area contributed by atoms with Gasteiger partial charge in [-0.3, -0.25) is 0 Å². The van der Waals surface area contributed by atoms with Crippen molar-refractivity contribution >= 4 is 11.8 Å². The van der Waals surface area contributed by atoms with E-state index in [-0.39, 0.29) is 12.2 Å². The van der Waals surface area contributed by atoms with Crippen molar-refractivity contribution in [1.29, 1.82) is 0 Å². The van der Waals surface area contributed by atoms with Crippen LogP contribution in [-0.4, -0.2) is 37.9 Å². The first kappa shape index (κ1) is 24.9. The number of benzene rings is 2. The van der Waals surface area contributed by atoms with Gasteiger partial charge in [-0.15, -0.1) is 0 Å². The van der Waals surface area contributed by atoms with Gasteiger partial charge in [0.05, 0.1) is 26.4 Å². The maximum atomic E-state index is 6.99. The number of unbranched alkanes of at least 4 members (excludes halogenated alkanes) is 2. The molecule has 176 valence electrons. The van der Waals surface area contributed by atoms with Crippen molar-refractivity contribution in [2.75, 3.05) is 25.7 Å². The molecule has 0 saturated carbocycles. The summed E-state index contributed by atoms with van der Waals surface area (Å²) in [7, 11) is 3.38. The molecule has 2 aromatic carbocycles. The molecule has 1 fully saturated rings. The molecule has 0 radical (unpaired) electrons. The van der Waals surface area contributed by atoms with Gasteiger partial charge < -0.3 is 18.9 Å². The highest BCUT2D eigenvalue weighted by Crippen LogP contribution is 2.42. The fourth-order valence-electron chi connectivity index (χ4n) is 4.10. The van der Waals surface area contributed by atoms with Crippen LogP contribution in [0, 0.1) is 0 Å². The topological polar surface area (TPSA) is 36.9 Å². The van der Waals surface area contributed by atoms with E-state index in [2.05, 4.69) is 38.1 Å². The maximum Gasteiger partial charge on any atom is 0.222 e. The molecule has 0 aliphatic carbocycles. The summed E-state index contributed by atoms with van der Waals surface area (Å²) in [6.45, 7) is 4.46. The Balaban J connectivity index is 2.08. The molecule has 0 spiro atoms. The maximum absolute atomic E-state index is 6.99. The molecule has 32 heavy (non-hydrogen) atoms. The highest BCUT2D eigenvalue weighted by molar-refractivity contribution is 7.99. The quantitative estimate of drug-likeness (QED) is 0.391. The van der Waals surface area contributed by atoms with E-state index in [0.717, 1.165) is 72.7 Å². The van der Waals surface area contributed by atoms with Gasteiger partial charge in [-0.1, -0.05) is 39.5 Å². The van der Waals surface area contributed by atoms with E-state index in [9.17, 15) is 0 Å². The molecule has 4 nitrogen and oxygen atoms in total. The van der Waals surface area contributed by atoms with E-state index in [1.54, 1.807) is 14.2 Å². The average molecular weight is 459 g/mol. The Morgan fingerprint density at radius 2 is 1.16 bits per heavy atom. The molecule has 5 heteroatoms. The third-order valence-electron chi connectivity index (χ3n) is 5.97. The number of hydrogen-bond acceptors (Lipinski definition) is 5. The molecule has 0 unspecified atom stereocenters. The second-order valence-corrected chi connectivity index (χ2v) is 9.45. The molecule has 1 aliphatic rings. The Labute approximate surface area is 198 Å². The highest BCUT2D eigenvalue weighted by Gasteiger charge is 2.42. The van der Waals surface area contributed by atoms with Gasteiger partial charge >= 0.3 is 0 Å². The van der Waals surface area contributed by atoms with Crippen LogP contribution in [0.5, 0.6) is 11.5 Å². The number of thioether (sulfide) groups is 1. The zero-order chi connectivity index (χ0) is 22.8. The Morgan fingerprint density at radius 1 is 0.750 bits per heavy atom. The summed E-state index contributed by atoms with van der Waals surface area (Å²) in [5.41, 5.74) is 2.00. The minimum absolute atomic E-state index is 0.122. The molecule has 3 rings (SSSR count). The lowest BCUT2D eigenvalue weighted by Crippen LogP contribution is -2.44. The summed E-state index contributed by atoms with van der Waals surface area (Å²) < 4.78 is 24.8. The van der Waals surface area contributed by atoms with Crippen molar-refractivity contribution in [1.82, 2.24) is 0 Å². The summed E-state index contributed by atoms with van der Waals surface area (Å²) in [5.74, 6) is 2.66. The van der Waals surface area contributed by atoms with Gasteiger partial charge in [0.1, 0.15) is 11.5 Å². The zero-order valence-electron chi connectivity index (χ0n) is 20.0. The zero-order valence-corrected chi connectivity index (χ0v) is 20.8. The predicted octanol–water partition coefficient (Wildman–Crippen LogP) is 6.80. The van der Waals surface area contributed by atoms with Gasteiger partial charge in [0.25, 0.3) is 0 Å². The van der Waals surface area contributed by atoms with E-state index < -0.39 is 5.79 Å². The van der Waals surface area contributed by atoms with Crippen LogP contribution in [-0.2, 0) is 15.3 Å². The van der Waals surface area contributed by atoms with Crippen LogP contribution in [0.25, 0.3) is 0 Å². The Morgan fingerprint density at radius 3 is 1.50 bits per heavy atom. The number of methoxy groups -OCH3 is 2. The monoisotopic (exact) mass is 458 g/mol. The highest BCUT2D eigenvalue weighted by atomic mass is 32.2. The first-order valence-corrected chi connectivity index (χ1v) is 13.0. The second-order valence-electron chi connectivity index (χ2n) is 8.38. The molecule has 2 atom stereocenters. The summed E-state index contributed by atoms with van der Waals surface area (Å²) >= 11 is 1.96. The van der Waals surface area contributed by atoms with Crippen LogP contribution in [0.1, 0.15) is 63.5 Å². The lowest BCUT2D eigenvalue weighted by molar-refractivity contribution is -0.259. The van der Waals surface area contributed by atoms with Crippen molar-refractivity contribution < 1.29 is 18.9 Å². The third-order valence-corrected chi connectivity index (χ3v) is 7.19. The molecule has 0 aromatic heterocycles. The van der Waals surface area contributed by atoms with Gasteiger partial charge in [-0.05, 0) is 61.4 Å². The van der Waals surface area contributed by atoms with E-state index in [0.29, 0.717) is 0 Å². The first-order valence-electron chi connectivity index (χ1n) is 11.9. The van der Waals surface area contributed by atoms with Crippen LogP contribution < -0.4 is 9.47 Å². The van der Waals surface area contributed by atoms with Gasteiger partial charge in [0, 0.05) is 22.6 Å². The number of rotatable bonds is 10. The Hall–Kier alpha value is -1.69.